The van der Waals surface area contributed by atoms with Gasteiger partial charge >= 0.3 is 6.18 Å². The minimum atomic E-state index is -4.38. The van der Waals surface area contributed by atoms with Crippen molar-refractivity contribution in [3.05, 3.63) is 66.4 Å². The van der Waals surface area contributed by atoms with Gasteiger partial charge in [-0.05, 0) is 29.8 Å². The first-order valence-corrected chi connectivity index (χ1v) is 7.85. The lowest BCUT2D eigenvalue weighted by Gasteiger charge is -2.11. The van der Waals surface area contributed by atoms with Gasteiger partial charge in [-0.15, -0.1) is 0 Å². The van der Waals surface area contributed by atoms with Gasteiger partial charge in [0.2, 0.25) is 0 Å². The normalized spacial score (nSPS) is 11.5. The molecule has 0 amide bonds. The van der Waals surface area contributed by atoms with Gasteiger partial charge in [0, 0.05) is 36.2 Å². The molecule has 4 nitrogen and oxygen atoms in total. The Morgan fingerprint density at radius 2 is 2.04 bits per heavy atom. The number of alkyl halides is 3. The zero-order valence-corrected chi connectivity index (χ0v) is 13.2. The number of halogens is 3. The number of nitrogens with one attached hydrogen (secondary N) is 2. The van der Waals surface area contributed by atoms with E-state index in [0.717, 1.165) is 40.0 Å². The smallest absolute Gasteiger partial charge is 0.379 e. The van der Waals surface area contributed by atoms with Gasteiger partial charge in [-0.3, -0.25) is 4.98 Å². The Bertz CT molecular complexity index is 803. The number of nitrogens with zero attached hydrogens (tertiary/aromatic N) is 2. The molecular weight excluding hydrogens is 337 g/mol. The van der Waals surface area contributed by atoms with Gasteiger partial charge in [0.25, 0.3) is 0 Å². The van der Waals surface area contributed by atoms with Crippen LogP contribution in [0, 0.1) is 0 Å². The molecule has 3 heterocycles. The Hall–Kier alpha value is -2.48. The van der Waals surface area contributed by atoms with Crippen LogP contribution < -0.4 is 5.32 Å². The largest absolute Gasteiger partial charge is 0.416 e. The van der Waals surface area contributed by atoms with Crippen LogP contribution in [0.4, 0.5) is 18.9 Å². The van der Waals surface area contributed by atoms with E-state index in [2.05, 4.69) is 20.3 Å². The lowest BCUT2D eigenvalue weighted by atomic mass is 10.3. The van der Waals surface area contributed by atoms with E-state index >= 15 is 0 Å². The van der Waals surface area contributed by atoms with Crippen molar-refractivity contribution in [3.8, 4) is 0 Å². The monoisotopic (exact) mass is 350 g/mol. The Kier molecular flexibility index (Phi) is 4.75. The van der Waals surface area contributed by atoms with Crippen LogP contribution in [-0.2, 0) is 12.7 Å². The standard InChI is InChI=1S/C16H13F3N4S/c17-16(18,19)12-2-6-22-15(7-12)24-14-3-5-21-10-13(14)23-9-11-1-4-20-8-11/h1-8,10,20,23H,9H2. The van der Waals surface area contributed by atoms with E-state index in [1.54, 1.807) is 18.5 Å². The van der Waals surface area contributed by atoms with Crippen molar-refractivity contribution in [1.82, 2.24) is 15.0 Å². The van der Waals surface area contributed by atoms with Crippen LogP contribution in [0.2, 0.25) is 0 Å². The summed E-state index contributed by atoms with van der Waals surface area (Å²) in [5.41, 5.74) is 1.09. The maximum atomic E-state index is 12.8. The molecule has 0 saturated carbocycles. The number of anilines is 1. The zero-order chi connectivity index (χ0) is 17.0. The SMILES string of the molecule is FC(F)(F)c1ccnc(Sc2ccncc2NCc2cc[nH]c2)c1. The molecule has 3 aromatic heterocycles. The van der Waals surface area contributed by atoms with E-state index in [4.69, 9.17) is 0 Å². The highest BCUT2D eigenvalue weighted by Crippen LogP contribution is 2.35. The summed E-state index contributed by atoms with van der Waals surface area (Å²) in [4.78, 5) is 11.8. The molecule has 3 rings (SSSR count). The zero-order valence-electron chi connectivity index (χ0n) is 12.3. The molecule has 2 N–H and O–H groups in total. The average molecular weight is 350 g/mol. The van der Waals surface area contributed by atoms with E-state index in [9.17, 15) is 13.2 Å². The molecule has 8 heteroatoms. The average Bonchev–Trinajstić information content (AvgIpc) is 3.07. The number of pyridine rings is 2. The molecule has 0 radical (unpaired) electrons. The molecule has 0 unspecified atom stereocenters. The van der Waals surface area contributed by atoms with E-state index in [1.165, 1.54) is 6.20 Å². The van der Waals surface area contributed by atoms with E-state index in [0.29, 0.717) is 6.54 Å². The predicted molar refractivity (Wildman–Crippen MR) is 85.7 cm³/mol. The number of aromatic amines is 1. The first kappa shape index (κ1) is 16.4. The van der Waals surface area contributed by atoms with Crippen LogP contribution >= 0.6 is 11.8 Å². The highest BCUT2D eigenvalue weighted by molar-refractivity contribution is 7.99. The van der Waals surface area contributed by atoms with Crippen LogP contribution in [0.5, 0.6) is 0 Å². The van der Waals surface area contributed by atoms with E-state index < -0.39 is 11.7 Å². The second kappa shape index (κ2) is 6.96. The van der Waals surface area contributed by atoms with Crippen molar-refractivity contribution >= 4 is 17.4 Å². The fraction of sp³-hybridized carbons (Fsp3) is 0.125. The summed E-state index contributed by atoms with van der Waals surface area (Å²) in [5, 5.41) is 3.51. The molecule has 0 spiro atoms. The molecule has 0 aromatic carbocycles. The molecule has 0 saturated heterocycles. The lowest BCUT2D eigenvalue weighted by molar-refractivity contribution is -0.137. The Morgan fingerprint density at radius 3 is 2.79 bits per heavy atom. The first-order valence-electron chi connectivity index (χ1n) is 7.03. The molecular formula is C16H13F3N4S. The number of hydrogen-bond donors (Lipinski definition) is 2. The van der Waals surface area contributed by atoms with E-state index in [-0.39, 0.29) is 5.03 Å². The van der Waals surface area contributed by atoms with Crippen LogP contribution in [0.15, 0.2) is 65.2 Å². The second-order valence-corrected chi connectivity index (χ2v) is 5.99. The molecule has 0 fully saturated rings. The third-order valence-electron chi connectivity index (χ3n) is 3.20. The molecule has 0 bridgehead atoms. The van der Waals surface area contributed by atoms with Crippen molar-refractivity contribution in [2.45, 2.75) is 22.6 Å². The number of hydrogen-bond acceptors (Lipinski definition) is 4. The van der Waals surface area contributed by atoms with Gasteiger partial charge in [0.15, 0.2) is 0 Å². The summed E-state index contributed by atoms with van der Waals surface area (Å²) in [7, 11) is 0. The number of rotatable bonds is 5. The molecule has 0 aliphatic heterocycles. The number of H-pyrrole nitrogens is 1. The highest BCUT2D eigenvalue weighted by atomic mass is 32.2. The van der Waals surface area contributed by atoms with Gasteiger partial charge in [0.1, 0.15) is 5.03 Å². The minimum absolute atomic E-state index is 0.278. The topological polar surface area (TPSA) is 53.6 Å². The van der Waals surface area contributed by atoms with Crippen molar-refractivity contribution in [1.29, 1.82) is 0 Å². The van der Waals surface area contributed by atoms with Crippen molar-refractivity contribution < 1.29 is 13.2 Å². The van der Waals surface area contributed by atoms with Crippen LogP contribution in [0.1, 0.15) is 11.1 Å². The van der Waals surface area contributed by atoms with Crippen molar-refractivity contribution in [3.63, 3.8) is 0 Å². The van der Waals surface area contributed by atoms with Gasteiger partial charge in [-0.25, -0.2) is 4.98 Å². The third kappa shape index (κ3) is 4.08. The maximum absolute atomic E-state index is 12.8. The van der Waals surface area contributed by atoms with Crippen molar-refractivity contribution in [2.75, 3.05) is 5.32 Å². The second-order valence-electron chi connectivity index (χ2n) is 4.93. The Balaban J connectivity index is 1.78. The van der Waals surface area contributed by atoms with Gasteiger partial charge in [-0.2, -0.15) is 13.2 Å². The molecule has 0 aliphatic rings. The summed E-state index contributed by atoms with van der Waals surface area (Å²) in [6, 6.07) is 5.68. The predicted octanol–water partition coefficient (Wildman–Crippen LogP) is 4.59. The van der Waals surface area contributed by atoms with Crippen LogP contribution in [0.25, 0.3) is 0 Å². The van der Waals surface area contributed by atoms with Crippen LogP contribution in [0.3, 0.4) is 0 Å². The summed E-state index contributed by atoms with van der Waals surface area (Å²) < 4.78 is 38.4. The first-order chi connectivity index (χ1) is 11.5. The summed E-state index contributed by atoms with van der Waals surface area (Å²) in [6.45, 7) is 0.582. The third-order valence-corrected chi connectivity index (χ3v) is 4.21. The highest BCUT2D eigenvalue weighted by Gasteiger charge is 2.30. The molecule has 24 heavy (non-hydrogen) atoms. The summed E-state index contributed by atoms with van der Waals surface area (Å²) in [6.07, 6.45) is 3.71. The fourth-order valence-corrected chi connectivity index (χ4v) is 2.91. The van der Waals surface area contributed by atoms with Gasteiger partial charge in [-0.1, -0.05) is 11.8 Å². The summed E-state index contributed by atoms with van der Waals surface area (Å²) in [5.74, 6) is 0. The number of aromatic nitrogens is 3. The fourth-order valence-electron chi connectivity index (χ4n) is 2.02. The van der Waals surface area contributed by atoms with Crippen molar-refractivity contribution in [2.24, 2.45) is 0 Å². The maximum Gasteiger partial charge on any atom is 0.416 e. The Morgan fingerprint density at radius 1 is 1.17 bits per heavy atom. The van der Waals surface area contributed by atoms with Gasteiger partial charge < -0.3 is 10.3 Å². The summed E-state index contributed by atoms with van der Waals surface area (Å²) >= 11 is 1.16. The lowest BCUT2D eigenvalue weighted by Crippen LogP contribution is -2.05. The van der Waals surface area contributed by atoms with Crippen LogP contribution in [-0.4, -0.2) is 15.0 Å². The quantitative estimate of drug-likeness (QED) is 0.707. The molecule has 3 aromatic rings. The van der Waals surface area contributed by atoms with Gasteiger partial charge in [0.05, 0.1) is 17.4 Å². The molecule has 124 valence electrons. The minimum Gasteiger partial charge on any atom is -0.379 e. The molecule has 0 aliphatic carbocycles. The van der Waals surface area contributed by atoms with E-state index in [1.807, 2.05) is 18.5 Å². The Labute approximate surface area is 140 Å². The molecule has 0 atom stereocenters.